The van der Waals surface area contributed by atoms with Gasteiger partial charge in [0.25, 0.3) is 11.5 Å². The van der Waals surface area contributed by atoms with Crippen LogP contribution in [0, 0.1) is 25.2 Å². The number of nitrogens with one attached hydrogen (secondary N) is 1. The molecule has 1 amide bonds. The highest BCUT2D eigenvalue weighted by Crippen LogP contribution is 2.33. The third-order valence-corrected chi connectivity index (χ3v) is 6.76. The lowest BCUT2D eigenvalue weighted by atomic mass is 9.81. The van der Waals surface area contributed by atoms with Gasteiger partial charge in [-0.1, -0.05) is 19.3 Å². The number of rotatable bonds is 4. The van der Waals surface area contributed by atoms with Crippen LogP contribution in [0.25, 0.3) is 10.2 Å². The van der Waals surface area contributed by atoms with Crippen LogP contribution >= 0.6 is 11.3 Å². The molecule has 0 spiro atoms. The number of aryl methyl sites for hydroxylation is 2. The fourth-order valence-corrected chi connectivity index (χ4v) is 4.96. The van der Waals surface area contributed by atoms with Crippen molar-refractivity contribution in [2.75, 3.05) is 7.05 Å². The number of nitriles is 1. The van der Waals surface area contributed by atoms with Crippen molar-refractivity contribution in [3.63, 3.8) is 0 Å². The fraction of sp³-hybridized carbons (Fsp3) is 0.550. The highest BCUT2D eigenvalue weighted by atomic mass is 32.1. The quantitative estimate of drug-likeness (QED) is 0.766. The van der Waals surface area contributed by atoms with E-state index in [-0.39, 0.29) is 10.4 Å². The summed E-state index contributed by atoms with van der Waals surface area (Å²) in [7, 11) is 1.60. The second-order valence-electron chi connectivity index (χ2n) is 7.54. The molecule has 154 valence electrons. The molecule has 0 bridgehead atoms. The van der Waals surface area contributed by atoms with Gasteiger partial charge in [-0.15, -0.1) is 11.3 Å². The summed E-state index contributed by atoms with van der Waals surface area (Å²) in [6, 6.07) is 2.30. The summed E-state index contributed by atoms with van der Waals surface area (Å²) >= 11 is 1.07. The van der Waals surface area contributed by atoms with Gasteiger partial charge in [0.05, 0.1) is 11.5 Å². The monoisotopic (exact) mass is 416 g/mol. The summed E-state index contributed by atoms with van der Waals surface area (Å²) in [6.07, 6.45) is 3.03. The molecule has 0 aliphatic heterocycles. The zero-order valence-electron chi connectivity index (χ0n) is 17.0. The van der Waals surface area contributed by atoms with Crippen molar-refractivity contribution in [1.29, 1.82) is 5.26 Å². The van der Waals surface area contributed by atoms with Crippen LogP contribution in [0.1, 0.15) is 60.1 Å². The van der Waals surface area contributed by atoms with Crippen LogP contribution in [0.4, 0.5) is 0 Å². The van der Waals surface area contributed by atoms with Crippen molar-refractivity contribution in [2.45, 2.75) is 64.5 Å². The Bertz CT molecular complexity index is 1060. The van der Waals surface area contributed by atoms with Gasteiger partial charge >= 0.3 is 5.97 Å². The number of thiophene rings is 1. The number of nitrogens with zero attached hydrogens (tertiary/aromatic N) is 3. The molecule has 0 saturated heterocycles. The Kier molecular flexibility index (Phi) is 5.75. The Morgan fingerprint density at radius 1 is 1.31 bits per heavy atom. The summed E-state index contributed by atoms with van der Waals surface area (Å²) in [5, 5.41) is 10.0. The number of H-pyrrole nitrogens is 1. The van der Waals surface area contributed by atoms with Crippen molar-refractivity contribution >= 4 is 33.4 Å². The molecular formula is C20H24N4O4S. The number of carbonyl (C=O) groups excluding carboxylic acids is 2. The van der Waals surface area contributed by atoms with E-state index in [9.17, 15) is 19.6 Å². The number of likely N-dealkylation sites (N-methyl/N-ethyl adjacent to an activating group) is 1. The van der Waals surface area contributed by atoms with Crippen LogP contribution < -0.4 is 5.56 Å². The van der Waals surface area contributed by atoms with E-state index >= 15 is 0 Å². The molecule has 3 rings (SSSR count). The molecule has 9 heteroatoms. The van der Waals surface area contributed by atoms with E-state index in [1.54, 1.807) is 20.9 Å². The second-order valence-corrected chi connectivity index (χ2v) is 8.54. The molecule has 2 aromatic rings. The van der Waals surface area contributed by atoms with E-state index in [2.05, 4.69) is 16.0 Å². The fourth-order valence-electron chi connectivity index (χ4n) is 3.85. The molecule has 29 heavy (non-hydrogen) atoms. The van der Waals surface area contributed by atoms with Gasteiger partial charge in [-0.05, 0) is 39.2 Å². The van der Waals surface area contributed by atoms with Crippen molar-refractivity contribution in [3.05, 3.63) is 26.6 Å². The average Bonchev–Trinajstić information content (AvgIpc) is 3.03. The second kappa shape index (κ2) is 7.95. The number of fused-ring (bicyclic) bond motifs is 1. The van der Waals surface area contributed by atoms with E-state index in [0.717, 1.165) is 30.6 Å². The summed E-state index contributed by atoms with van der Waals surface area (Å²) in [4.78, 5) is 46.8. The molecule has 1 atom stereocenters. The Labute approximate surface area is 172 Å². The van der Waals surface area contributed by atoms with Crippen LogP contribution in [0.2, 0.25) is 0 Å². The highest BCUT2D eigenvalue weighted by Gasteiger charge is 2.41. The number of ether oxygens (including phenoxy) is 1. The minimum absolute atomic E-state index is 0.249. The molecule has 1 saturated carbocycles. The minimum Gasteiger partial charge on any atom is -0.448 e. The first-order chi connectivity index (χ1) is 13.7. The van der Waals surface area contributed by atoms with Crippen LogP contribution in [-0.2, 0) is 9.53 Å². The number of hydrogen-bond acceptors (Lipinski definition) is 7. The molecule has 2 aromatic heterocycles. The van der Waals surface area contributed by atoms with Gasteiger partial charge < -0.3 is 14.6 Å². The zero-order valence-corrected chi connectivity index (χ0v) is 17.8. The van der Waals surface area contributed by atoms with Crippen molar-refractivity contribution in [3.8, 4) is 6.07 Å². The van der Waals surface area contributed by atoms with Crippen LogP contribution in [-0.4, -0.2) is 45.4 Å². The number of carbonyl (C=O) groups is 2. The van der Waals surface area contributed by atoms with Gasteiger partial charge in [0.1, 0.15) is 21.1 Å². The normalized spacial score (nSPS) is 16.8. The van der Waals surface area contributed by atoms with Gasteiger partial charge in [-0.25, -0.2) is 9.78 Å². The van der Waals surface area contributed by atoms with Crippen molar-refractivity contribution in [2.24, 2.45) is 0 Å². The Balaban J connectivity index is 1.80. The van der Waals surface area contributed by atoms with E-state index < -0.39 is 23.5 Å². The Morgan fingerprint density at radius 3 is 2.59 bits per heavy atom. The summed E-state index contributed by atoms with van der Waals surface area (Å²) < 4.78 is 5.41. The maximum absolute atomic E-state index is 12.9. The zero-order chi connectivity index (χ0) is 21.3. The molecule has 1 fully saturated rings. The molecule has 2 heterocycles. The Morgan fingerprint density at radius 2 is 1.97 bits per heavy atom. The lowest BCUT2D eigenvalue weighted by molar-refractivity contribution is -0.143. The van der Waals surface area contributed by atoms with Gasteiger partial charge in [-0.2, -0.15) is 5.26 Å². The first kappa shape index (κ1) is 21.0. The molecule has 1 N–H and O–H groups in total. The first-order valence-corrected chi connectivity index (χ1v) is 10.4. The van der Waals surface area contributed by atoms with Gasteiger partial charge in [0.2, 0.25) is 0 Å². The van der Waals surface area contributed by atoms with Crippen LogP contribution in [0.3, 0.4) is 0 Å². The highest BCUT2D eigenvalue weighted by molar-refractivity contribution is 7.20. The molecule has 0 radical (unpaired) electrons. The van der Waals surface area contributed by atoms with E-state index in [0.29, 0.717) is 34.4 Å². The lowest BCUT2D eigenvalue weighted by Crippen LogP contribution is -2.53. The summed E-state index contributed by atoms with van der Waals surface area (Å²) in [5.74, 6) is -0.623. The molecule has 8 nitrogen and oxygen atoms in total. The SMILES string of the molecule is Cc1nc2sc(C(=O)O[C@@H](C)C(=O)N(C)C3(C#N)CCCCC3)c(C)c2c(=O)[nH]1. The van der Waals surface area contributed by atoms with Crippen molar-refractivity contribution < 1.29 is 14.3 Å². The number of aromatic amines is 1. The van der Waals surface area contributed by atoms with E-state index in [4.69, 9.17) is 4.74 Å². The summed E-state index contributed by atoms with van der Waals surface area (Å²) in [5.41, 5.74) is -0.673. The van der Waals surface area contributed by atoms with Gasteiger partial charge in [-0.3, -0.25) is 9.59 Å². The molecule has 1 aliphatic rings. The molecule has 1 aliphatic carbocycles. The minimum atomic E-state index is -1.04. The lowest BCUT2D eigenvalue weighted by Gasteiger charge is -2.39. The van der Waals surface area contributed by atoms with Crippen LogP contribution in [0.15, 0.2) is 4.79 Å². The van der Waals surface area contributed by atoms with E-state index in [1.165, 1.54) is 11.8 Å². The maximum Gasteiger partial charge on any atom is 0.349 e. The number of esters is 1. The maximum atomic E-state index is 12.9. The number of amides is 1. The topological polar surface area (TPSA) is 116 Å². The smallest absolute Gasteiger partial charge is 0.349 e. The standard InChI is InChI=1S/C20H24N4O4S/c1-11-14-16(25)22-13(3)23-17(14)29-15(11)19(27)28-12(2)18(26)24(4)20(10-21)8-6-5-7-9-20/h12H,5-9H2,1-4H3,(H,22,23,25)/t12-/m0/s1. The van der Waals surface area contributed by atoms with Gasteiger partial charge in [0.15, 0.2) is 6.10 Å². The molecule has 0 unspecified atom stereocenters. The summed E-state index contributed by atoms with van der Waals surface area (Å²) in [6.45, 7) is 4.83. The third kappa shape index (κ3) is 3.77. The molecular weight excluding hydrogens is 392 g/mol. The first-order valence-electron chi connectivity index (χ1n) is 9.60. The predicted molar refractivity (Wildman–Crippen MR) is 109 cm³/mol. The van der Waals surface area contributed by atoms with Crippen molar-refractivity contribution in [1.82, 2.24) is 14.9 Å². The average molecular weight is 417 g/mol. The van der Waals surface area contributed by atoms with E-state index in [1.807, 2.05) is 0 Å². The van der Waals surface area contributed by atoms with Gasteiger partial charge in [0, 0.05) is 7.05 Å². The largest absolute Gasteiger partial charge is 0.448 e. The predicted octanol–water partition coefficient (Wildman–Crippen LogP) is 2.83. The number of aromatic nitrogens is 2. The van der Waals surface area contributed by atoms with Crippen LogP contribution in [0.5, 0.6) is 0 Å². The third-order valence-electron chi connectivity index (χ3n) is 5.60. The molecule has 0 aromatic carbocycles. The Hall–Kier alpha value is -2.73. The number of hydrogen-bond donors (Lipinski definition) is 1.